The number of benzene rings is 2. The first kappa shape index (κ1) is 17.7. The summed E-state index contributed by atoms with van der Waals surface area (Å²) in [4.78, 5) is 0. The fourth-order valence-electron chi connectivity index (χ4n) is 2.40. The average Bonchev–Trinajstić information content (AvgIpc) is 2.40. The fraction of sp³-hybridized carbons (Fsp3) is 0.200. The van der Waals surface area contributed by atoms with Crippen LogP contribution in [0.2, 0.25) is 0 Å². The van der Waals surface area contributed by atoms with Gasteiger partial charge in [0.15, 0.2) is 5.41 Å². The van der Waals surface area contributed by atoms with Gasteiger partial charge in [-0.1, -0.05) is 24.3 Å². The van der Waals surface area contributed by atoms with Crippen LogP contribution in [0.1, 0.15) is 11.1 Å². The van der Waals surface area contributed by atoms with Crippen molar-refractivity contribution >= 4 is 23.2 Å². The van der Waals surface area contributed by atoms with E-state index in [0.717, 1.165) is 48.5 Å². The molecule has 0 aliphatic rings. The van der Waals surface area contributed by atoms with Gasteiger partial charge >= 0.3 is 10.8 Å². The highest BCUT2D eigenvalue weighted by Gasteiger charge is 2.69. The van der Waals surface area contributed by atoms with Crippen LogP contribution in [-0.4, -0.2) is 21.0 Å². The van der Waals surface area contributed by atoms with Crippen LogP contribution in [0.15, 0.2) is 48.5 Å². The maximum Gasteiger partial charge on any atom is 0.342 e. The van der Waals surface area contributed by atoms with Crippen LogP contribution in [0, 0.1) is 0 Å². The third kappa shape index (κ3) is 2.93. The summed E-state index contributed by atoms with van der Waals surface area (Å²) < 4.78 is 56.7. The molecule has 0 saturated heterocycles. The highest BCUT2D eigenvalue weighted by molar-refractivity contribution is 6.27. The molecule has 0 aliphatic carbocycles. The van der Waals surface area contributed by atoms with E-state index in [2.05, 4.69) is 0 Å². The highest BCUT2D eigenvalue weighted by atomic mass is 35.5. The van der Waals surface area contributed by atoms with Crippen LogP contribution < -0.4 is 0 Å². The molecule has 2 nitrogen and oxygen atoms in total. The molecule has 0 aromatic heterocycles. The van der Waals surface area contributed by atoms with Crippen molar-refractivity contribution in [2.45, 2.75) is 16.2 Å². The zero-order valence-corrected chi connectivity index (χ0v) is 12.8. The molecule has 2 rings (SSSR count). The first-order valence-corrected chi connectivity index (χ1v) is 6.98. The lowest BCUT2D eigenvalue weighted by Crippen LogP contribution is -2.53. The average molecular weight is 369 g/mol. The van der Waals surface area contributed by atoms with Crippen LogP contribution in [0.25, 0.3) is 0 Å². The van der Waals surface area contributed by atoms with Crippen molar-refractivity contribution in [2.75, 3.05) is 0 Å². The van der Waals surface area contributed by atoms with Crippen molar-refractivity contribution in [3.05, 3.63) is 59.7 Å². The molecule has 0 atom stereocenters. The molecule has 0 aliphatic heterocycles. The summed E-state index contributed by atoms with van der Waals surface area (Å²) in [6.45, 7) is 0. The van der Waals surface area contributed by atoms with Gasteiger partial charge in [0.25, 0.3) is 0 Å². The number of halogens is 6. The Balaban J connectivity index is 2.86. The van der Waals surface area contributed by atoms with E-state index in [0.29, 0.717) is 0 Å². The van der Waals surface area contributed by atoms with Gasteiger partial charge in [0, 0.05) is 0 Å². The molecule has 2 aromatic rings. The normalized spacial score (nSPS) is 13.1. The Bertz CT molecular complexity index is 615. The van der Waals surface area contributed by atoms with Crippen molar-refractivity contribution in [3.63, 3.8) is 0 Å². The predicted octanol–water partition coefficient (Wildman–Crippen LogP) is 5.05. The van der Waals surface area contributed by atoms with Crippen molar-refractivity contribution < 1.29 is 27.8 Å². The van der Waals surface area contributed by atoms with Gasteiger partial charge < -0.3 is 10.2 Å². The van der Waals surface area contributed by atoms with Crippen LogP contribution in [0.5, 0.6) is 11.5 Å². The summed E-state index contributed by atoms with van der Waals surface area (Å²) in [5, 5.41) is 9.56. The number of aromatic hydroxyl groups is 2. The Kier molecular flexibility index (Phi) is 4.43. The Morgan fingerprint density at radius 2 is 0.870 bits per heavy atom. The second-order valence-electron chi connectivity index (χ2n) is 4.84. The van der Waals surface area contributed by atoms with Gasteiger partial charge in [-0.2, -0.15) is 17.6 Å². The minimum Gasteiger partial charge on any atom is -0.508 e. The van der Waals surface area contributed by atoms with E-state index in [1.54, 1.807) is 0 Å². The first-order valence-electron chi connectivity index (χ1n) is 6.22. The standard InChI is InChI=1S/C15H10Cl2F4O2/c16-14(18,19)13(15(17,20)21,9-1-5-11(22)6-2-9)10-3-7-12(23)8-4-10/h1-8,22-23H. The third-order valence-electron chi connectivity index (χ3n) is 3.45. The molecular weight excluding hydrogens is 359 g/mol. The summed E-state index contributed by atoms with van der Waals surface area (Å²) in [5.74, 6) is -0.603. The monoisotopic (exact) mass is 368 g/mol. The molecular formula is C15H10Cl2F4O2. The molecule has 0 heterocycles. The lowest BCUT2D eigenvalue weighted by Gasteiger charge is -2.40. The first-order chi connectivity index (χ1) is 10.5. The van der Waals surface area contributed by atoms with Crippen molar-refractivity contribution in [1.29, 1.82) is 0 Å². The molecule has 0 bridgehead atoms. The van der Waals surface area contributed by atoms with Gasteiger partial charge in [-0.05, 0) is 58.6 Å². The summed E-state index contributed by atoms with van der Waals surface area (Å²) >= 11 is 10.1. The second-order valence-corrected chi connectivity index (χ2v) is 5.79. The van der Waals surface area contributed by atoms with Crippen LogP contribution in [-0.2, 0) is 5.41 Å². The Labute approximate surface area is 138 Å². The van der Waals surface area contributed by atoms with Crippen LogP contribution in [0.4, 0.5) is 17.6 Å². The van der Waals surface area contributed by atoms with Gasteiger partial charge in [0.05, 0.1) is 0 Å². The largest absolute Gasteiger partial charge is 0.508 e. The number of hydrogen-bond acceptors (Lipinski definition) is 2. The Morgan fingerprint density at radius 3 is 1.09 bits per heavy atom. The Hall–Kier alpha value is -1.66. The van der Waals surface area contributed by atoms with E-state index in [1.807, 2.05) is 0 Å². The van der Waals surface area contributed by atoms with Crippen molar-refractivity contribution in [2.24, 2.45) is 0 Å². The fourth-order valence-corrected chi connectivity index (χ4v) is 3.13. The molecule has 0 unspecified atom stereocenters. The molecule has 124 valence electrons. The molecule has 0 saturated carbocycles. The van der Waals surface area contributed by atoms with E-state index in [-0.39, 0.29) is 11.5 Å². The summed E-state index contributed by atoms with van der Waals surface area (Å²) in [7, 11) is 0. The van der Waals surface area contributed by atoms with Gasteiger partial charge in [0.2, 0.25) is 0 Å². The Morgan fingerprint density at radius 1 is 0.609 bits per heavy atom. The zero-order valence-electron chi connectivity index (χ0n) is 11.3. The molecule has 23 heavy (non-hydrogen) atoms. The van der Waals surface area contributed by atoms with Crippen LogP contribution >= 0.6 is 23.2 Å². The molecule has 2 aromatic carbocycles. The lowest BCUT2D eigenvalue weighted by atomic mass is 9.74. The lowest BCUT2D eigenvalue weighted by molar-refractivity contribution is -0.0874. The molecule has 0 amide bonds. The minimum atomic E-state index is -4.48. The third-order valence-corrected chi connectivity index (χ3v) is 4.02. The summed E-state index contributed by atoms with van der Waals surface area (Å²) in [6.07, 6.45) is 0. The molecule has 0 radical (unpaired) electrons. The summed E-state index contributed by atoms with van der Waals surface area (Å²) in [6, 6.07) is 7.41. The van der Waals surface area contributed by atoms with Gasteiger partial charge in [-0.15, -0.1) is 0 Å². The number of phenols is 2. The number of rotatable bonds is 4. The van der Waals surface area contributed by atoms with E-state index >= 15 is 0 Å². The minimum absolute atomic E-state index is 0.302. The SMILES string of the molecule is Oc1ccc(C(c2ccc(O)cc2)(C(F)(F)Cl)C(F)(F)Cl)cc1. The quantitative estimate of drug-likeness (QED) is 0.585. The van der Waals surface area contributed by atoms with Gasteiger partial charge in [-0.3, -0.25) is 0 Å². The maximum absolute atomic E-state index is 14.2. The van der Waals surface area contributed by atoms with Crippen LogP contribution in [0.3, 0.4) is 0 Å². The van der Waals surface area contributed by atoms with E-state index in [9.17, 15) is 27.8 Å². The van der Waals surface area contributed by atoms with Gasteiger partial charge in [0.1, 0.15) is 11.5 Å². The van der Waals surface area contributed by atoms with Crippen molar-refractivity contribution in [1.82, 2.24) is 0 Å². The molecule has 2 N–H and O–H groups in total. The topological polar surface area (TPSA) is 40.5 Å². The summed E-state index contributed by atoms with van der Waals surface area (Å²) in [5.41, 5.74) is -4.60. The van der Waals surface area contributed by atoms with E-state index in [1.165, 1.54) is 0 Å². The number of hydrogen-bond donors (Lipinski definition) is 2. The van der Waals surface area contributed by atoms with Crippen molar-refractivity contribution in [3.8, 4) is 11.5 Å². The second kappa shape index (κ2) is 5.76. The number of phenolic OH excluding ortho intramolecular Hbond substituents is 2. The highest BCUT2D eigenvalue weighted by Crippen LogP contribution is 2.58. The van der Waals surface area contributed by atoms with E-state index < -0.39 is 27.3 Å². The van der Waals surface area contributed by atoms with E-state index in [4.69, 9.17) is 23.2 Å². The predicted molar refractivity (Wildman–Crippen MR) is 78.6 cm³/mol. The number of alkyl halides is 6. The maximum atomic E-state index is 14.2. The molecule has 0 fully saturated rings. The zero-order chi connectivity index (χ0) is 17.5. The van der Waals surface area contributed by atoms with Gasteiger partial charge in [-0.25, -0.2) is 0 Å². The molecule has 0 spiro atoms. The smallest absolute Gasteiger partial charge is 0.342 e. The molecule has 8 heteroatoms.